The molecule has 4 N–H and O–H groups in total. The topological polar surface area (TPSA) is 74.9 Å². The third kappa shape index (κ3) is 1.76. The first-order valence-corrected chi connectivity index (χ1v) is 4.60. The van der Waals surface area contributed by atoms with Gasteiger partial charge in [-0.05, 0) is 24.1 Å². The molecule has 4 nitrogen and oxygen atoms in total. The van der Waals surface area contributed by atoms with Crippen LogP contribution in [0.1, 0.15) is 5.56 Å². The van der Waals surface area contributed by atoms with Crippen molar-refractivity contribution < 1.29 is 5.11 Å². The Hall–Kier alpha value is -1.39. The molecule has 0 aliphatic carbocycles. The van der Waals surface area contributed by atoms with Gasteiger partial charge >= 0.3 is 0 Å². The Kier molecular flexibility index (Phi) is 2.47. The molecule has 1 atom stereocenters. The molecular weight excluding hydrogens is 178 g/mol. The van der Waals surface area contributed by atoms with Crippen LogP contribution in [-0.4, -0.2) is 27.7 Å². The van der Waals surface area contributed by atoms with Crippen LogP contribution in [0.15, 0.2) is 24.5 Å². The first kappa shape index (κ1) is 9.18. The lowest BCUT2D eigenvalue weighted by Crippen LogP contribution is -2.21. The Bertz CT molecular complexity index is 424. The minimum atomic E-state index is -0.463. The van der Waals surface area contributed by atoms with E-state index in [1.807, 2.05) is 18.2 Å². The summed E-state index contributed by atoms with van der Waals surface area (Å²) in [5.74, 6) is 0. The van der Waals surface area contributed by atoms with Crippen LogP contribution in [0.25, 0.3) is 11.0 Å². The maximum absolute atomic E-state index is 9.38. The number of benzene rings is 1. The number of nitrogens with two attached hydrogens (primary N) is 1. The van der Waals surface area contributed by atoms with Crippen LogP contribution < -0.4 is 5.73 Å². The third-order valence-electron chi connectivity index (χ3n) is 2.23. The molecule has 0 aliphatic rings. The number of rotatable bonds is 3. The summed E-state index contributed by atoms with van der Waals surface area (Å²) in [6.07, 6.45) is 1.79. The fourth-order valence-electron chi connectivity index (χ4n) is 1.47. The molecule has 0 amide bonds. The lowest BCUT2D eigenvalue weighted by Gasteiger charge is -2.06. The van der Waals surface area contributed by atoms with Crippen molar-refractivity contribution in [1.82, 2.24) is 9.97 Å². The number of aliphatic hydroxyl groups is 1. The summed E-state index contributed by atoms with van der Waals surface area (Å²) in [7, 11) is 0. The summed E-state index contributed by atoms with van der Waals surface area (Å²) in [6, 6.07) is 5.88. The fraction of sp³-hybridized carbons (Fsp3) is 0.300. The van der Waals surface area contributed by atoms with E-state index >= 15 is 0 Å². The molecule has 0 aliphatic heterocycles. The Balaban J connectivity index is 2.25. The molecule has 0 spiro atoms. The summed E-state index contributed by atoms with van der Waals surface area (Å²) in [5, 5.41) is 9.38. The van der Waals surface area contributed by atoms with E-state index in [1.165, 1.54) is 0 Å². The number of fused-ring (bicyclic) bond motifs is 1. The molecular formula is C10H13N3O. The number of hydrogen-bond acceptors (Lipinski definition) is 3. The second-order valence-electron chi connectivity index (χ2n) is 3.35. The first-order chi connectivity index (χ1) is 6.79. The molecule has 1 heterocycles. The normalized spacial score (nSPS) is 13.3. The molecule has 0 radical (unpaired) electrons. The van der Waals surface area contributed by atoms with Crippen molar-refractivity contribution in [3.05, 3.63) is 30.1 Å². The number of aromatic nitrogens is 2. The number of nitrogens with zero attached hydrogens (tertiary/aromatic N) is 1. The molecule has 0 fully saturated rings. The molecule has 4 heteroatoms. The second kappa shape index (κ2) is 3.77. The predicted octanol–water partition coefficient (Wildman–Crippen LogP) is 0.425. The summed E-state index contributed by atoms with van der Waals surface area (Å²) in [6.45, 7) is 0.293. The van der Waals surface area contributed by atoms with Crippen molar-refractivity contribution in [2.24, 2.45) is 5.73 Å². The van der Waals surface area contributed by atoms with Gasteiger partial charge in [-0.25, -0.2) is 4.98 Å². The second-order valence-corrected chi connectivity index (χ2v) is 3.35. The van der Waals surface area contributed by atoms with Gasteiger partial charge < -0.3 is 15.8 Å². The average molecular weight is 191 g/mol. The highest BCUT2D eigenvalue weighted by molar-refractivity contribution is 5.75. The van der Waals surface area contributed by atoms with Gasteiger partial charge in [-0.1, -0.05) is 6.07 Å². The number of imidazole rings is 1. The molecule has 1 unspecified atom stereocenters. The molecule has 0 bridgehead atoms. The van der Waals surface area contributed by atoms with Crippen molar-refractivity contribution in [2.45, 2.75) is 12.5 Å². The summed E-state index contributed by atoms with van der Waals surface area (Å²) in [5.41, 5.74) is 8.34. The lowest BCUT2D eigenvalue weighted by atomic mass is 10.1. The maximum Gasteiger partial charge on any atom is 0.0931 e. The Morgan fingerprint density at radius 3 is 3.14 bits per heavy atom. The number of nitrogens with one attached hydrogen (secondary N) is 1. The molecule has 74 valence electrons. The Morgan fingerprint density at radius 2 is 2.36 bits per heavy atom. The molecule has 0 saturated heterocycles. The van der Waals surface area contributed by atoms with Crippen molar-refractivity contribution in [1.29, 1.82) is 0 Å². The standard InChI is InChI=1S/C10H13N3O/c11-5-8(14)3-7-1-2-9-10(4-7)13-6-12-9/h1-2,4,6,8,14H,3,5,11H2,(H,12,13). The molecule has 1 aromatic heterocycles. The van der Waals surface area contributed by atoms with Gasteiger partial charge in [0.15, 0.2) is 0 Å². The third-order valence-corrected chi connectivity index (χ3v) is 2.23. The summed E-state index contributed by atoms with van der Waals surface area (Å²) >= 11 is 0. The average Bonchev–Trinajstić information content (AvgIpc) is 2.64. The van der Waals surface area contributed by atoms with Crippen LogP contribution in [0.2, 0.25) is 0 Å². The first-order valence-electron chi connectivity index (χ1n) is 4.60. The molecule has 1 aromatic carbocycles. The van der Waals surface area contributed by atoms with Crippen LogP contribution in [0.5, 0.6) is 0 Å². The number of hydrogen-bond donors (Lipinski definition) is 3. The van der Waals surface area contributed by atoms with Crippen LogP contribution in [0.4, 0.5) is 0 Å². The van der Waals surface area contributed by atoms with Gasteiger partial charge in [-0.2, -0.15) is 0 Å². The van der Waals surface area contributed by atoms with Crippen LogP contribution in [0.3, 0.4) is 0 Å². The number of aromatic amines is 1. The van der Waals surface area contributed by atoms with E-state index in [1.54, 1.807) is 6.33 Å². The van der Waals surface area contributed by atoms with Crippen molar-refractivity contribution in [3.8, 4) is 0 Å². The molecule has 2 rings (SSSR count). The minimum absolute atomic E-state index is 0.293. The van der Waals surface area contributed by atoms with E-state index in [2.05, 4.69) is 9.97 Å². The smallest absolute Gasteiger partial charge is 0.0931 e. The molecule has 2 aromatic rings. The van der Waals surface area contributed by atoms with E-state index in [4.69, 9.17) is 5.73 Å². The molecule has 0 saturated carbocycles. The highest BCUT2D eigenvalue weighted by Crippen LogP contribution is 2.12. The fourth-order valence-corrected chi connectivity index (χ4v) is 1.47. The number of aliphatic hydroxyl groups excluding tert-OH is 1. The van der Waals surface area contributed by atoms with E-state index in [0.717, 1.165) is 16.6 Å². The lowest BCUT2D eigenvalue weighted by molar-refractivity contribution is 0.183. The largest absolute Gasteiger partial charge is 0.391 e. The zero-order valence-corrected chi connectivity index (χ0v) is 7.77. The van der Waals surface area contributed by atoms with Crippen molar-refractivity contribution >= 4 is 11.0 Å². The zero-order valence-electron chi connectivity index (χ0n) is 7.77. The minimum Gasteiger partial charge on any atom is -0.391 e. The summed E-state index contributed by atoms with van der Waals surface area (Å²) in [4.78, 5) is 7.14. The highest BCUT2D eigenvalue weighted by Gasteiger charge is 2.04. The highest BCUT2D eigenvalue weighted by atomic mass is 16.3. The van der Waals surface area contributed by atoms with Gasteiger partial charge in [0, 0.05) is 6.54 Å². The Labute approximate surface area is 81.8 Å². The van der Waals surface area contributed by atoms with E-state index in [0.29, 0.717) is 13.0 Å². The van der Waals surface area contributed by atoms with Crippen molar-refractivity contribution in [2.75, 3.05) is 6.54 Å². The van der Waals surface area contributed by atoms with Crippen LogP contribution in [0, 0.1) is 0 Å². The summed E-state index contributed by atoms with van der Waals surface area (Å²) < 4.78 is 0. The van der Waals surface area contributed by atoms with Crippen molar-refractivity contribution in [3.63, 3.8) is 0 Å². The van der Waals surface area contributed by atoms with Gasteiger partial charge in [0.2, 0.25) is 0 Å². The van der Waals surface area contributed by atoms with Crippen LogP contribution in [-0.2, 0) is 6.42 Å². The van der Waals surface area contributed by atoms with E-state index in [-0.39, 0.29) is 0 Å². The Morgan fingerprint density at radius 1 is 1.50 bits per heavy atom. The van der Waals surface area contributed by atoms with Gasteiger partial charge in [-0.3, -0.25) is 0 Å². The van der Waals surface area contributed by atoms with Crippen LogP contribution >= 0.6 is 0 Å². The van der Waals surface area contributed by atoms with E-state index < -0.39 is 6.10 Å². The monoisotopic (exact) mass is 191 g/mol. The predicted molar refractivity (Wildman–Crippen MR) is 54.9 cm³/mol. The SMILES string of the molecule is NCC(O)Cc1ccc2nc[nH]c2c1. The van der Waals surface area contributed by atoms with Gasteiger partial charge in [0.05, 0.1) is 23.5 Å². The molecule has 14 heavy (non-hydrogen) atoms. The van der Waals surface area contributed by atoms with Gasteiger partial charge in [-0.15, -0.1) is 0 Å². The van der Waals surface area contributed by atoms with E-state index in [9.17, 15) is 5.11 Å². The van der Waals surface area contributed by atoms with Gasteiger partial charge in [0.25, 0.3) is 0 Å². The number of H-pyrrole nitrogens is 1. The van der Waals surface area contributed by atoms with Gasteiger partial charge in [0.1, 0.15) is 0 Å². The maximum atomic E-state index is 9.38. The zero-order chi connectivity index (χ0) is 9.97. The quantitative estimate of drug-likeness (QED) is 0.658.